The molecule has 2 aromatic carbocycles. The Labute approximate surface area is 111 Å². The molecule has 0 unspecified atom stereocenters. The van der Waals surface area contributed by atoms with E-state index in [9.17, 15) is 0 Å². The minimum atomic E-state index is 0.229. The van der Waals surface area contributed by atoms with Crippen molar-refractivity contribution in [2.24, 2.45) is 0 Å². The zero-order valence-electron chi connectivity index (χ0n) is 10.2. The molecule has 0 aliphatic rings. The summed E-state index contributed by atoms with van der Waals surface area (Å²) in [5, 5.41) is 0. The van der Waals surface area contributed by atoms with Gasteiger partial charge in [-0.3, -0.25) is 0 Å². The molecule has 4 heteroatoms. The predicted molar refractivity (Wildman–Crippen MR) is 75.1 cm³/mol. The summed E-state index contributed by atoms with van der Waals surface area (Å²) in [5.41, 5.74) is 7.62. The topological polar surface area (TPSA) is 64.7 Å². The molecule has 0 radical (unpaired) electrons. The van der Waals surface area contributed by atoms with Crippen LogP contribution < -0.4 is 5.73 Å². The third-order valence-electron chi connectivity index (χ3n) is 2.72. The number of hydrogen-bond acceptors (Lipinski definition) is 4. The minimum absolute atomic E-state index is 0.229. The van der Waals surface area contributed by atoms with Crippen LogP contribution in [0.3, 0.4) is 0 Å². The molecule has 1 aromatic heterocycles. The molecule has 2 N–H and O–H groups in total. The van der Waals surface area contributed by atoms with Crippen molar-refractivity contribution in [1.29, 1.82) is 0 Å². The van der Waals surface area contributed by atoms with Crippen LogP contribution in [0.5, 0.6) is 0 Å². The summed E-state index contributed by atoms with van der Waals surface area (Å²) >= 11 is 0. The number of rotatable bonds is 2. The van der Waals surface area contributed by atoms with Crippen molar-refractivity contribution < 1.29 is 0 Å². The lowest BCUT2D eigenvalue weighted by molar-refractivity contribution is 1.08. The fourth-order valence-electron chi connectivity index (χ4n) is 1.82. The van der Waals surface area contributed by atoms with E-state index in [1.807, 2.05) is 60.7 Å². The Bertz CT molecular complexity index is 623. The molecule has 0 saturated heterocycles. The Morgan fingerprint density at radius 2 is 1.00 bits per heavy atom. The quantitative estimate of drug-likeness (QED) is 0.757. The van der Waals surface area contributed by atoms with E-state index < -0.39 is 0 Å². The first kappa shape index (κ1) is 11.3. The van der Waals surface area contributed by atoms with Crippen LogP contribution in [0, 0.1) is 0 Å². The van der Waals surface area contributed by atoms with Crippen molar-refractivity contribution in [3.8, 4) is 22.8 Å². The summed E-state index contributed by atoms with van der Waals surface area (Å²) in [7, 11) is 0. The number of hydrogen-bond donors (Lipinski definition) is 1. The third-order valence-corrected chi connectivity index (χ3v) is 2.72. The minimum Gasteiger partial charge on any atom is -0.368 e. The molecule has 0 atom stereocenters. The van der Waals surface area contributed by atoms with Gasteiger partial charge in [0.15, 0.2) is 11.6 Å². The molecular formula is C15H12N4. The maximum atomic E-state index is 5.77. The fourth-order valence-corrected chi connectivity index (χ4v) is 1.82. The number of nitrogens with zero attached hydrogens (tertiary/aromatic N) is 3. The average molecular weight is 248 g/mol. The first-order valence-corrected chi connectivity index (χ1v) is 5.95. The smallest absolute Gasteiger partial charge is 0.224 e. The molecule has 0 bridgehead atoms. The number of benzene rings is 2. The third kappa shape index (κ3) is 2.42. The van der Waals surface area contributed by atoms with Gasteiger partial charge in [-0.05, 0) is 0 Å². The van der Waals surface area contributed by atoms with E-state index in [-0.39, 0.29) is 5.95 Å². The van der Waals surface area contributed by atoms with Crippen LogP contribution in [0.2, 0.25) is 0 Å². The maximum absolute atomic E-state index is 5.77. The molecule has 0 aliphatic heterocycles. The molecule has 0 aliphatic carbocycles. The van der Waals surface area contributed by atoms with Crippen LogP contribution in [0.25, 0.3) is 22.8 Å². The zero-order valence-corrected chi connectivity index (χ0v) is 10.2. The summed E-state index contributed by atoms with van der Waals surface area (Å²) < 4.78 is 0. The SMILES string of the molecule is Nc1nc(-c2ccccc2)nc(-c2ccccc2)n1. The summed E-state index contributed by atoms with van der Waals surface area (Å²) in [4.78, 5) is 12.8. The number of aromatic nitrogens is 3. The van der Waals surface area contributed by atoms with Crippen molar-refractivity contribution in [3.05, 3.63) is 60.7 Å². The van der Waals surface area contributed by atoms with Gasteiger partial charge >= 0.3 is 0 Å². The van der Waals surface area contributed by atoms with E-state index in [1.165, 1.54) is 0 Å². The standard InChI is InChI=1S/C15H12N4/c16-15-18-13(11-7-3-1-4-8-11)17-14(19-15)12-9-5-2-6-10-12/h1-10H,(H2,16,17,18,19). The molecule has 19 heavy (non-hydrogen) atoms. The number of nitrogen functional groups attached to an aromatic ring is 1. The van der Waals surface area contributed by atoms with Crippen LogP contribution in [-0.2, 0) is 0 Å². The second kappa shape index (κ2) is 4.86. The van der Waals surface area contributed by atoms with Crippen LogP contribution in [0.4, 0.5) is 5.95 Å². The van der Waals surface area contributed by atoms with Crippen LogP contribution in [0.15, 0.2) is 60.7 Å². The van der Waals surface area contributed by atoms with Gasteiger partial charge in [0.25, 0.3) is 0 Å². The highest BCUT2D eigenvalue weighted by atomic mass is 15.1. The van der Waals surface area contributed by atoms with E-state index in [4.69, 9.17) is 5.73 Å². The van der Waals surface area contributed by atoms with E-state index in [0.29, 0.717) is 11.6 Å². The highest BCUT2D eigenvalue weighted by molar-refractivity contribution is 5.62. The molecule has 0 fully saturated rings. The van der Waals surface area contributed by atoms with Gasteiger partial charge in [-0.1, -0.05) is 60.7 Å². The lowest BCUT2D eigenvalue weighted by atomic mass is 10.2. The summed E-state index contributed by atoms with van der Waals surface area (Å²) in [6.45, 7) is 0. The fraction of sp³-hybridized carbons (Fsp3) is 0. The highest BCUT2D eigenvalue weighted by Crippen LogP contribution is 2.20. The molecule has 0 saturated carbocycles. The van der Waals surface area contributed by atoms with E-state index in [2.05, 4.69) is 15.0 Å². The summed E-state index contributed by atoms with van der Waals surface area (Å²) in [6.07, 6.45) is 0. The molecular weight excluding hydrogens is 236 g/mol. The summed E-state index contributed by atoms with van der Waals surface area (Å²) in [6, 6.07) is 19.5. The van der Waals surface area contributed by atoms with Gasteiger partial charge in [-0.25, -0.2) is 4.98 Å². The maximum Gasteiger partial charge on any atom is 0.224 e. The second-order valence-electron chi connectivity index (χ2n) is 4.07. The van der Waals surface area contributed by atoms with Gasteiger partial charge in [0.1, 0.15) is 0 Å². The number of nitrogens with two attached hydrogens (primary N) is 1. The van der Waals surface area contributed by atoms with Crippen molar-refractivity contribution in [2.45, 2.75) is 0 Å². The molecule has 1 heterocycles. The van der Waals surface area contributed by atoms with Gasteiger partial charge in [0.2, 0.25) is 5.95 Å². The number of anilines is 1. The molecule has 3 rings (SSSR count). The Kier molecular flexibility index (Phi) is 2.90. The monoisotopic (exact) mass is 248 g/mol. The average Bonchev–Trinajstić information content (AvgIpc) is 2.48. The molecule has 0 amide bonds. The lowest BCUT2D eigenvalue weighted by Crippen LogP contribution is -2.02. The largest absolute Gasteiger partial charge is 0.368 e. The summed E-state index contributed by atoms with van der Waals surface area (Å²) in [5.74, 6) is 1.41. The second-order valence-corrected chi connectivity index (χ2v) is 4.07. The van der Waals surface area contributed by atoms with Crippen LogP contribution >= 0.6 is 0 Å². The van der Waals surface area contributed by atoms with E-state index in [0.717, 1.165) is 11.1 Å². The van der Waals surface area contributed by atoms with Gasteiger partial charge in [-0.15, -0.1) is 0 Å². The van der Waals surface area contributed by atoms with Crippen LogP contribution in [0.1, 0.15) is 0 Å². The van der Waals surface area contributed by atoms with E-state index >= 15 is 0 Å². The van der Waals surface area contributed by atoms with Gasteiger partial charge in [-0.2, -0.15) is 9.97 Å². The lowest BCUT2D eigenvalue weighted by Gasteiger charge is -2.04. The van der Waals surface area contributed by atoms with Crippen molar-refractivity contribution >= 4 is 5.95 Å². The molecule has 92 valence electrons. The Morgan fingerprint density at radius 1 is 0.579 bits per heavy atom. The zero-order chi connectivity index (χ0) is 13.1. The van der Waals surface area contributed by atoms with Crippen molar-refractivity contribution in [3.63, 3.8) is 0 Å². The van der Waals surface area contributed by atoms with Crippen LogP contribution in [-0.4, -0.2) is 15.0 Å². The highest BCUT2D eigenvalue weighted by Gasteiger charge is 2.07. The first-order chi connectivity index (χ1) is 9.33. The Morgan fingerprint density at radius 3 is 1.42 bits per heavy atom. The normalized spacial score (nSPS) is 10.3. The van der Waals surface area contributed by atoms with Gasteiger partial charge in [0, 0.05) is 11.1 Å². The first-order valence-electron chi connectivity index (χ1n) is 5.95. The Balaban J connectivity index is 2.12. The van der Waals surface area contributed by atoms with E-state index in [1.54, 1.807) is 0 Å². The van der Waals surface area contributed by atoms with Crippen molar-refractivity contribution in [2.75, 3.05) is 5.73 Å². The van der Waals surface area contributed by atoms with Crippen molar-refractivity contribution in [1.82, 2.24) is 15.0 Å². The van der Waals surface area contributed by atoms with Gasteiger partial charge < -0.3 is 5.73 Å². The Hall–Kier alpha value is -2.75. The van der Waals surface area contributed by atoms with Gasteiger partial charge in [0.05, 0.1) is 0 Å². The molecule has 0 spiro atoms. The predicted octanol–water partition coefficient (Wildman–Crippen LogP) is 2.79. The molecule has 3 aromatic rings. The molecule has 4 nitrogen and oxygen atoms in total.